The summed E-state index contributed by atoms with van der Waals surface area (Å²) in [5.41, 5.74) is -0.163. The number of benzene rings is 1. The molecule has 2 aliphatic rings. The van der Waals surface area contributed by atoms with E-state index in [-0.39, 0.29) is 5.56 Å². The number of carbonyl (C=O) groups excluding carboxylic acids is 1. The summed E-state index contributed by atoms with van der Waals surface area (Å²) < 4.78 is 26.8. The molecule has 0 radical (unpaired) electrons. The lowest BCUT2D eigenvalue weighted by molar-refractivity contribution is 0.0656. The molecule has 2 heterocycles. The zero-order chi connectivity index (χ0) is 13.4. The highest BCUT2D eigenvalue weighted by atomic mass is 19.2. The van der Waals surface area contributed by atoms with Crippen LogP contribution in [0.4, 0.5) is 8.78 Å². The van der Waals surface area contributed by atoms with Gasteiger partial charge in [-0.3, -0.25) is 4.79 Å². The van der Waals surface area contributed by atoms with Crippen molar-refractivity contribution >= 4 is 5.91 Å². The smallest absolute Gasteiger partial charge is 0.256 e. The summed E-state index contributed by atoms with van der Waals surface area (Å²) in [4.78, 5) is 13.9. The van der Waals surface area contributed by atoms with Crippen molar-refractivity contribution < 1.29 is 13.6 Å². The maximum Gasteiger partial charge on any atom is 0.256 e. The molecule has 3 rings (SSSR count). The summed E-state index contributed by atoms with van der Waals surface area (Å²) in [5, 5.41) is 3.41. The topological polar surface area (TPSA) is 32.3 Å². The van der Waals surface area contributed by atoms with E-state index >= 15 is 0 Å². The molecule has 102 valence electrons. The Balaban J connectivity index is 1.79. The molecule has 0 bridgehead atoms. The SMILES string of the molecule is O=C(c1cccc(F)c1F)N1CCC2NCCC2C1. The minimum atomic E-state index is -1.04. The molecule has 1 aromatic carbocycles. The van der Waals surface area contributed by atoms with Crippen LogP contribution in [0.1, 0.15) is 23.2 Å². The molecular weight excluding hydrogens is 250 g/mol. The van der Waals surface area contributed by atoms with Crippen LogP contribution < -0.4 is 5.32 Å². The predicted molar refractivity (Wildman–Crippen MR) is 66.8 cm³/mol. The van der Waals surface area contributed by atoms with E-state index < -0.39 is 17.5 Å². The summed E-state index contributed by atoms with van der Waals surface area (Å²) in [5.74, 6) is -1.97. The van der Waals surface area contributed by atoms with Gasteiger partial charge < -0.3 is 10.2 Å². The molecule has 0 spiro atoms. The van der Waals surface area contributed by atoms with Gasteiger partial charge in [0, 0.05) is 19.1 Å². The molecule has 0 aliphatic carbocycles. The zero-order valence-corrected chi connectivity index (χ0v) is 10.5. The van der Waals surface area contributed by atoms with Crippen molar-refractivity contribution in [1.29, 1.82) is 0 Å². The van der Waals surface area contributed by atoms with E-state index in [1.165, 1.54) is 12.1 Å². The summed E-state index contributed by atoms with van der Waals surface area (Å²) in [6.45, 7) is 2.21. The van der Waals surface area contributed by atoms with Gasteiger partial charge in [0.05, 0.1) is 5.56 Å². The van der Waals surface area contributed by atoms with Gasteiger partial charge in [-0.15, -0.1) is 0 Å². The number of hydrogen-bond donors (Lipinski definition) is 1. The van der Waals surface area contributed by atoms with E-state index in [2.05, 4.69) is 5.32 Å². The molecular formula is C14H16F2N2O. The molecule has 2 unspecified atom stereocenters. The molecule has 5 heteroatoms. The standard InChI is InChI=1S/C14H16F2N2O/c15-11-3-1-2-10(13(11)16)14(19)18-7-5-12-9(8-18)4-6-17-12/h1-3,9,12,17H,4-8H2. The van der Waals surface area contributed by atoms with E-state index in [1.54, 1.807) is 4.90 Å². The second kappa shape index (κ2) is 4.89. The molecule has 1 amide bonds. The van der Waals surface area contributed by atoms with Gasteiger partial charge in [-0.05, 0) is 37.4 Å². The number of nitrogens with zero attached hydrogens (tertiary/aromatic N) is 1. The zero-order valence-electron chi connectivity index (χ0n) is 10.5. The first-order valence-corrected chi connectivity index (χ1v) is 6.63. The first kappa shape index (κ1) is 12.5. The van der Waals surface area contributed by atoms with Crippen molar-refractivity contribution in [2.75, 3.05) is 19.6 Å². The van der Waals surface area contributed by atoms with E-state index in [0.29, 0.717) is 25.0 Å². The number of amides is 1. The van der Waals surface area contributed by atoms with Gasteiger partial charge in [0.15, 0.2) is 11.6 Å². The Morgan fingerprint density at radius 2 is 2.16 bits per heavy atom. The van der Waals surface area contributed by atoms with Crippen molar-refractivity contribution in [1.82, 2.24) is 10.2 Å². The van der Waals surface area contributed by atoms with Gasteiger partial charge in [-0.25, -0.2) is 8.78 Å². The molecule has 3 nitrogen and oxygen atoms in total. The minimum absolute atomic E-state index is 0.163. The van der Waals surface area contributed by atoms with Crippen LogP contribution in [-0.4, -0.2) is 36.5 Å². The van der Waals surface area contributed by atoms with Crippen molar-refractivity contribution in [3.05, 3.63) is 35.4 Å². The van der Waals surface area contributed by atoms with E-state index in [4.69, 9.17) is 0 Å². The number of hydrogen-bond acceptors (Lipinski definition) is 2. The second-order valence-corrected chi connectivity index (χ2v) is 5.25. The number of fused-ring (bicyclic) bond motifs is 1. The van der Waals surface area contributed by atoms with E-state index in [1.807, 2.05) is 0 Å². The van der Waals surface area contributed by atoms with E-state index in [9.17, 15) is 13.6 Å². The van der Waals surface area contributed by atoms with Gasteiger partial charge in [-0.2, -0.15) is 0 Å². The molecule has 2 aliphatic heterocycles. The summed E-state index contributed by atoms with van der Waals surface area (Å²) in [7, 11) is 0. The lowest BCUT2D eigenvalue weighted by Crippen LogP contribution is -2.47. The third kappa shape index (κ3) is 2.23. The highest BCUT2D eigenvalue weighted by molar-refractivity contribution is 5.94. The highest BCUT2D eigenvalue weighted by Gasteiger charge is 2.35. The second-order valence-electron chi connectivity index (χ2n) is 5.25. The number of carbonyl (C=O) groups is 1. The Kier molecular flexibility index (Phi) is 3.22. The molecule has 19 heavy (non-hydrogen) atoms. The molecule has 2 fully saturated rings. The summed E-state index contributed by atoms with van der Waals surface area (Å²) >= 11 is 0. The number of nitrogens with one attached hydrogen (secondary N) is 1. The van der Waals surface area contributed by atoms with Crippen LogP contribution in [0.5, 0.6) is 0 Å². The third-order valence-corrected chi connectivity index (χ3v) is 4.12. The van der Waals surface area contributed by atoms with Crippen molar-refractivity contribution in [2.45, 2.75) is 18.9 Å². The Morgan fingerprint density at radius 3 is 3.00 bits per heavy atom. The van der Waals surface area contributed by atoms with Crippen LogP contribution >= 0.6 is 0 Å². The Hall–Kier alpha value is -1.49. The Bertz CT molecular complexity index is 506. The molecule has 2 atom stereocenters. The first-order valence-electron chi connectivity index (χ1n) is 6.63. The number of halogens is 2. The number of piperidine rings is 1. The number of likely N-dealkylation sites (tertiary alicyclic amines) is 1. The number of rotatable bonds is 1. The van der Waals surface area contributed by atoms with Crippen LogP contribution in [0.2, 0.25) is 0 Å². The monoisotopic (exact) mass is 266 g/mol. The molecule has 0 saturated carbocycles. The average Bonchev–Trinajstić information content (AvgIpc) is 2.88. The highest BCUT2D eigenvalue weighted by Crippen LogP contribution is 2.26. The van der Waals surface area contributed by atoms with Crippen molar-refractivity contribution in [3.8, 4) is 0 Å². The minimum Gasteiger partial charge on any atom is -0.338 e. The fourth-order valence-electron chi connectivity index (χ4n) is 3.07. The predicted octanol–water partition coefficient (Wildman–Crippen LogP) is 1.79. The molecule has 1 aromatic rings. The van der Waals surface area contributed by atoms with Gasteiger partial charge in [0.25, 0.3) is 5.91 Å². The normalized spacial score (nSPS) is 26.3. The first-order chi connectivity index (χ1) is 9.16. The molecule has 1 N–H and O–H groups in total. The Labute approximate surface area is 110 Å². The maximum atomic E-state index is 13.6. The van der Waals surface area contributed by atoms with Gasteiger partial charge in [-0.1, -0.05) is 6.07 Å². The Morgan fingerprint density at radius 1 is 1.32 bits per heavy atom. The quantitative estimate of drug-likeness (QED) is 0.840. The van der Waals surface area contributed by atoms with Crippen molar-refractivity contribution in [3.63, 3.8) is 0 Å². The van der Waals surface area contributed by atoms with Gasteiger partial charge in [0.2, 0.25) is 0 Å². The largest absolute Gasteiger partial charge is 0.338 e. The van der Waals surface area contributed by atoms with Crippen LogP contribution in [0, 0.1) is 17.6 Å². The maximum absolute atomic E-state index is 13.6. The fourth-order valence-corrected chi connectivity index (χ4v) is 3.07. The summed E-state index contributed by atoms with van der Waals surface area (Å²) in [6.07, 6.45) is 1.92. The van der Waals surface area contributed by atoms with Gasteiger partial charge >= 0.3 is 0 Å². The lowest BCUT2D eigenvalue weighted by Gasteiger charge is -2.35. The fraction of sp³-hybridized carbons (Fsp3) is 0.500. The summed E-state index contributed by atoms with van der Waals surface area (Å²) in [6, 6.07) is 4.22. The van der Waals surface area contributed by atoms with Gasteiger partial charge in [0.1, 0.15) is 0 Å². The van der Waals surface area contributed by atoms with Crippen LogP contribution in [0.15, 0.2) is 18.2 Å². The van der Waals surface area contributed by atoms with Crippen LogP contribution in [-0.2, 0) is 0 Å². The molecule has 2 saturated heterocycles. The lowest BCUT2D eigenvalue weighted by atomic mass is 9.93. The average molecular weight is 266 g/mol. The molecule has 0 aromatic heterocycles. The van der Waals surface area contributed by atoms with Crippen molar-refractivity contribution in [2.24, 2.45) is 5.92 Å². The van der Waals surface area contributed by atoms with Crippen LogP contribution in [0.25, 0.3) is 0 Å². The third-order valence-electron chi connectivity index (χ3n) is 4.12. The van der Waals surface area contributed by atoms with Crippen LogP contribution in [0.3, 0.4) is 0 Å². The van der Waals surface area contributed by atoms with E-state index in [0.717, 1.165) is 25.5 Å².